The third-order valence-electron chi connectivity index (χ3n) is 9.48. The summed E-state index contributed by atoms with van der Waals surface area (Å²) in [5.74, 6) is 0.629. The molecule has 0 amide bonds. The highest BCUT2D eigenvalue weighted by Gasteiger charge is 2.68. The molecular formula is C26H37BrO4. The molecule has 31 heavy (non-hydrogen) atoms. The summed E-state index contributed by atoms with van der Waals surface area (Å²) in [6.07, 6.45) is 11.6. The lowest BCUT2D eigenvalue weighted by Crippen LogP contribution is -2.69. The van der Waals surface area contributed by atoms with Crippen LogP contribution in [0.2, 0.25) is 0 Å². The van der Waals surface area contributed by atoms with E-state index < -0.39 is 11.4 Å². The third kappa shape index (κ3) is 3.05. The fraction of sp³-hybridized carbons (Fsp3) is 0.808. The Morgan fingerprint density at radius 2 is 1.97 bits per heavy atom. The molecule has 4 aliphatic carbocycles. The number of aliphatic hydroxyl groups is 1. The topological polar surface area (TPSA) is 55.8 Å². The highest BCUT2D eigenvalue weighted by atomic mass is 79.9. The zero-order valence-corrected chi connectivity index (χ0v) is 21.0. The number of ketones is 1. The standard InChI is InChI=1S/C26H37BrO4/c1-22(2,3)21-30-26(31-21)14-13-24(10-5-15-27)19-9-11-23(4)18(6-7-20(23)28)17(19)8-12-25(24,29)16-26/h5,9,15,17-18,21,29H,6-8,10-14,16H2,1-4H3/t17-,18-,21?,23-,24+,25+,26?/m0/s1. The Balaban J connectivity index is 1.49. The zero-order valence-electron chi connectivity index (χ0n) is 19.4. The molecule has 4 fully saturated rings. The molecule has 0 unspecified atom stereocenters. The molecule has 1 spiro atoms. The van der Waals surface area contributed by atoms with E-state index in [0.29, 0.717) is 24.0 Å². The first-order chi connectivity index (χ1) is 14.5. The van der Waals surface area contributed by atoms with Crippen molar-refractivity contribution in [3.63, 3.8) is 0 Å². The molecular weight excluding hydrogens is 456 g/mol. The average molecular weight is 493 g/mol. The minimum absolute atomic E-state index is 0.0653. The van der Waals surface area contributed by atoms with Crippen LogP contribution in [0.5, 0.6) is 0 Å². The van der Waals surface area contributed by atoms with Crippen LogP contribution in [-0.2, 0) is 14.3 Å². The normalized spacial score (nSPS) is 49.4. The van der Waals surface area contributed by atoms with E-state index in [0.717, 1.165) is 51.4 Å². The summed E-state index contributed by atoms with van der Waals surface area (Å²) in [7, 11) is 0. The number of halogens is 1. The maximum absolute atomic E-state index is 12.7. The number of hydrogen-bond acceptors (Lipinski definition) is 4. The predicted molar refractivity (Wildman–Crippen MR) is 123 cm³/mol. The lowest BCUT2D eigenvalue weighted by Gasteiger charge is -2.65. The number of ether oxygens (including phenoxy) is 2. The molecule has 5 heteroatoms. The van der Waals surface area contributed by atoms with E-state index in [1.165, 1.54) is 5.57 Å². The van der Waals surface area contributed by atoms with Crippen LogP contribution in [0.3, 0.4) is 0 Å². The van der Waals surface area contributed by atoms with Crippen molar-refractivity contribution in [1.82, 2.24) is 0 Å². The molecule has 0 aromatic rings. The van der Waals surface area contributed by atoms with Gasteiger partial charge >= 0.3 is 0 Å². The van der Waals surface area contributed by atoms with E-state index in [1.807, 2.05) is 4.99 Å². The fourth-order valence-electron chi connectivity index (χ4n) is 7.69. The van der Waals surface area contributed by atoms with Gasteiger partial charge in [0, 0.05) is 35.5 Å². The molecule has 172 valence electrons. The van der Waals surface area contributed by atoms with Crippen molar-refractivity contribution < 1.29 is 19.4 Å². The summed E-state index contributed by atoms with van der Waals surface area (Å²) in [5, 5.41) is 12.2. The van der Waals surface area contributed by atoms with Gasteiger partial charge in [0.25, 0.3) is 0 Å². The van der Waals surface area contributed by atoms with Crippen LogP contribution in [-0.4, -0.2) is 28.6 Å². The predicted octanol–water partition coefficient (Wildman–Crippen LogP) is 6.03. The van der Waals surface area contributed by atoms with Crippen molar-refractivity contribution in [3.05, 3.63) is 22.7 Å². The van der Waals surface area contributed by atoms with Gasteiger partial charge in [-0.3, -0.25) is 4.79 Å². The van der Waals surface area contributed by atoms with Gasteiger partial charge in [-0.1, -0.05) is 61.4 Å². The number of hydrogen-bond donors (Lipinski definition) is 1. The molecule has 4 nitrogen and oxygen atoms in total. The van der Waals surface area contributed by atoms with Gasteiger partial charge in [0.1, 0.15) is 5.78 Å². The number of Topliss-reactive ketones (excluding diaryl/α,β-unsaturated/α-hetero) is 1. The van der Waals surface area contributed by atoms with Crippen LogP contribution in [0.25, 0.3) is 0 Å². The van der Waals surface area contributed by atoms with Crippen LogP contribution >= 0.6 is 15.9 Å². The van der Waals surface area contributed by atoms with Crippen LogP contribution < -0.4 is 0 Å². The molecule has 1 aliphatic heterocycles. The maximum Gasteiger partial charge on any atom is 0.177 e. The first kappa shape index (κ1) is 22.3. The first-order valence-corrected chi connectivity index (χ1v) is 13.0. The zero-order chi connectivity index (χ0) is 22.3. The summed E-state index contributed by atoms with van der Waals surface area (Å²) in [4.78, 5) is 14.6. The van der Waals surface area contributed by atoms with E-state index in [1.54, 1.807) is 0 Å². The van der Waals surface area contributed by atoms with E-state index in [-0.39, 0.29) is 22.5 Å². The van der Waals surface area contributed by atoms with Gasteiger partial charge in [0.05, 0.1) is 5.60 Å². The number of carbonyl (C=O) groups is 1. The summed E-state index contributed by atoms with van der Waals surface area (Å²) in [6, 6.07) is 0. The second-order valence-electron chi connectivity index (χ2n) is 12.2. The van der Waals surface area contributed by atoms with E-state index in [9.17, 15) is 9.90 Å². The lowest BCUT2D eigenvalue weighted by molar-refractivity contribution is -0.494. The largest absolute Gasteiger partial charge is 0.389 e. The number of allylic oxidation sites excluding steroid dienone is 2. The maximum atomic E-state index is 12.7. The van der Waals surface area contributed by atoms with Gasteiger partial charge in [-0.05, 0) is 55.3 Å². The third-order valence-corrected chi connectivity index (χ3v) is 9.86. The molecule has 5 atom stereocenters. The summed E-state index contributed by atoms with van der Waals surface area (Å²) < 4.78 is 12.7. The van der Waals surface area contributed by atoms with Crippen LogP contribution in [0.4, 0.5) is 0 Å². The van der Waals surface area contributed by atoms with Crippen LogP contribution in [0, 0.1) is 28.1 Å². The van der Waals surface area contributed by atoms with Gasteiger partial charge in [-0.15, -0.1) is 0 Å². The smallest absolute Gasteiger partial charge is 0.177 e. The van der Waals surface area contributed by atoms with Gasteiger partial charge in [0.15, 0.2) is 12.1 Å². The molecule has 5 aliphatic rings. The van der Waals surface area contributed by atoms with E-state index >= 15 is 0 Å². The number of fused-ring (bicyclic) bond motifs is 5. The van der Waals surface area contributed by atoms with Crippen molar-refractivity contribution in [1.29, 1.82) is 0 Å². The van der Waals surface area contributed by atoms with Gasteiger partial charge < -0.3 is 14.6 Å². The van der Waals surface area contributed by atoms with Gasteiger partial charge in [0.2, 0.25) is 0 Å². The molecule has 0 aromatic carbocycles. The Labute approximate surface area is 195 Å². The van der Waals surface area contributed by atoms with Gasteiger partial charge in [-0.25, -0.2) is 0 Å². The minimum Gasteiger partial charge on any atom is -0.389 e. The molecule has 0 radical (unpaired) electrons. The Hall–Kier alpha value is -0.490. The monoisotopic (exact) mass is 492 g/mol. The van der Waals surface area contributed by atoms with Crippen molar-refractivity contribution in [2.75, 3.05) is 0 Å². The quantitative estimate of drug-likeness (QED) is 0.478. The Morgan fingerprint density at radius 3 is 2.65 bits per heavy atom. The highest BCUT2D eigenvalue weighted by Crippen LogP contribution is 2.68. The molecule has 1 heterocycles. The van der Waals surface area contributed by atoms with Crippen LogP contribution in [0.1, 0.15) is 85.5 Å². The highest BCUT2D eigenvalue weighted by molar-refractivity contribution is 9.11. The number of rotatable bonds is 2. The molecule has 5 rings (SSSR count). The summed E-state index contributed by atoms with van der Waals surface area (Å²) >= 11 is 3.46. The Morgan fingerprint density at radius 1 is 1.23 bits per heavy atom. The summed E-state index contributed by atoms with van der Waals surface area (Å²) in [6.45, 7) is 8.58. The lowest BCUT2D eigenvalue weighted by atomic mass is 9.45. The molecule has 3 saturated carbocycles. The first-order valence-electron chi connectivity index (χ1n) is 12.1. The summed E-state index contributed by atoms with van der Waals surface area (Å²) in [5.41, 5.74) is 0.0126. The molecule has 1 saturated heterocycles. The van der Waals surface area contributed by atoms with Gasteiger partial charge in [-0.2, -0.15) is 0 Å². The molecule has 1 N–H and O–H groups in total. The molecule has 0 bridgehead atoms. The van der Waals surface area contributed by atoms with E-state index in [4.69, 9.17) is 9.47 Å². The Bertz CT molecular complexity index is 835. The van der Waals surface area contributed by atoms with Crippen molar-refractivity contribution in [2.24, 2.45) is 28.1 Å². The van der Waals surface area contributed by atoms with Crippen molar-refractivity contribution in [3.8, 4) is 0 Å². The molecule has 0 aromatic heterocycles. The number of carbonyl (C=O) groups excluding carboxylic acids is 1. The second-order valence-corrected chi connectivity index (χ2v) is 12.7. The van der Waals surface area contributed by atoms with Crippen LogP contribution in [0.15, 0.2) is 22.7 Å². The SMILES string of the molecule is CC(C)(C)C1OC2(CC[C@]3(CC=CBr)C4=CC[C@]5(C)C(=O)CC[C@H]5[C@@H]4CC[C@@]3(O)C2)O1. The average Bonchev–Trinajstić information content (AvgIpc) is 2.98. The Kier molecular flexibility index (Phi) is 5.04. The fourth-order valence-corrected chi connectivity index (χ4v) is 7.88. The minimum atomic E-state index is -0.848. The van der Waals surface area contributed by atoms with E-state index in [2.05, 4.69) is 55.8 Å². The van der Waals surface area contributed by atoms with Crippen molar-refractivity contribution in [2.45, 2.75) is 103 Å². The van der Waals surface area contributed by atoms with Crippen molar-refractivity contribution >= 4 is 21.7 Å². The second kappa shape index (κ2) is 7.01.